The van der Waals surface area contributed by atoms with Gasteiger partial charge in [-0.2, -0.15) is 0 Å². The van der Waals surface area contributed by atoms with E-state index in [0.717, 1.165) is 28.3 Å². The van der Waals surface area contributed by atoms with E-state index in [0.29, 0.717) is 30.2 Å². The van der Waals surface area contributed by atoms with Crippen molar-refractivity contribution >= 4 is 50.6 Å². The first-order chi connectivity index (χ1) is 20.0. The Balaban J connectivity index is 0.000000216. The molecule has 0 saturated carbocycles. The molecule has 0 fully saturated rings. The molecule has 5 heterocycles. The van der Waals surface area contributed by atoms with E-state index in [1.54, 1.807) is 28.9 Å². The van der Waals surface area contributed by atoms with Gasteiger partial charge in [0.15, 0.2) is 0 Å². The molecule has 5 aromatic rings. The van der Waals surface area contributed by atoms with Crippen LogP contribution >= 0.6 is 22.7 Å². The fourth-order valence-electron chi connectivity index (χ4n) is 4.45. The van der Waals surface area contributed by atoms with Crippen LogP contribution in [0.4, 0.5) is 11.5 Å². The third-order valence-corrected chi connectivity index (χ3v) is 8.70. The second-order valence-electron chi connectivity index (χ2n) is 9.19. The van der Waals surface area contributed by atoms with E-state index < -0.39 is 6.04 Å². The average molecular weight is 590 g/mol. The standard InChI is InChI=1S/C19H18N4O2S.C9H11N3S.C2H6/c1-12(18-21-10-16(26-18)13-5-3-2-4-6-13)22-15-9-20-17-8-7-14(11-24)23(17)19(15)25;1-11-5-7-2-6-4-12-9(10)3-8(6)13-7;1-2/h2-6,9-12,14,22H,7-8H2,1H3;2-4,11H,5H2,1H3,(H2,10,12);1-2H3. The number of hydrogen-bond donors (Lipinski definition) is 3. The summed E-state index contributed by atoms with van der Waals surface area (Å²) in [5.41, 5.74) is 6.91. The van der Waals surface area contributed by atoms with E-state index >= 15 is 0 Å². The van der Waals surface area contributed by atoms with Crippen molar-refractivity contribution in [2.24, 2.45) is 0 Å². The van der Waals surface area contributed by atoms with E-state index in [-0.39, 0.29) is 11.6 Å². The minimum Gasteiger partial charge on any atom is -0.384 e. The number of fused-ring (bicyclic) bond motifs is 2. The lowest BCUT2D eigenvalue weighted by atomic mass is 10.2. The van der Waals surface area contributed by atoms with Crippen LogP contribution in [0.2, 0.25) is 0 Å². The van der Waals surface area contributed by atoms with Gasteiger partial charge >= 0.3 is 0 Å². The Kier molecular flexibility index (Phi) is 10.3. The fourth-order valence-corrected chi connectivity index (χ4v) is 6.47. The maximum absolute atomic E-state index is 12.7. The zero-order valence-corrected chi connectivity index (χ0v) is 25.3. The van der Waals surface area contributed by atoms with Crippen molar-refractivity contribution in [1.29, 1.82) is 0 Å². The monoisotopic (exact) mass is 589 g/mol. The molecule has 2 unspecified atom stereocenters. The number of carbonyl (C=O) groups excluding carboxylic acids is 1. The van der Waals surface area contributed by atoms with E-state index in [2.05, 4.69) is 31.7 Å². The number of aromatic nitrogens is 4. The Labute approximate surface area is 247 Å². The summed E-state index contributed by atoms with van der Waals surface area (Å²) in [5.74, 6) is 1.26. The van der Waals surface area contributed by atoms with Crippen molar-refractivity contribution in [2.75, 3.05) is 18.1 Å². The minimum atomic E-state index is -0.411. The van der Waals surface area contributed by atoms with Gasteiger partial charge < -0.3 is 21.2 Å². The molecule has 0 spiro atoms. The van der Waals surface area contributed by atoms with Crippen LogP contribution in [0.15, 0.2) is 65.8 Å². The highest BCUT2D eigenvalue weighted by molar-refractivity contribution is 7.19. The highest BCUT2D eigenvalue weighted by atomic mass is 32.1. The van der Waals surface area contributed by atoms with E-state index in [1.807, 2.05) is 76.6 Å². The molecule has 0 amide bonds. The van der Waals surface area contributed by atoms with Gasteiger partial charge in [0.2, 0.25) is 0 Å². The number of nitrogen functional groups attached to an aromatic ring is 1. The molecule has 6 rings (SSSR count). The Bertz CT molecular complexity index is 1650. The maximum Gasteiger partial charge on any atom is 0.277 e. The van der Waals surface area contributed by atoms with Crippen molar-refractivity contribution in [3.05, 3.63) is 87.1 Å². The number of hydrogen-bond acceptors (Lipinski definition) is 10. The molecule has 0 aliphatic carbocycles. The van der Waals surface area contributed by atoms with Gasteiger partial charge in [0.25, 0.3) is 5.56 Å². The normalized spacial score (nSPS) is 14.3. The summed E-state index contributed by atoms with van der Waals surface area (Å²) < 4.78 is 2.71. The van der Waals surface area contributed by atoms with Crippen LogP contribution < -0.4 is 21.9 Å². The molecular formula is C30H35N7O2S2. The van der Waals surface area contributed by atoms with Crippen molar-refractivity contribution < 1.29 is 4.79 Å². The van der Waals surface area contributed by atoms with E-state index in [1.165, 1.54) is 19.5 Å². The third-order valence-electron chi connectivity index (χ3n) is 6.37. The molecule has 9 nitrogen and oxygen atoms in total. The van der Waals surface area contributed by atoms with Gasteiger partial charge in [0.05, 0.1) is 23.2 Å². The number of pyridine rings is 1. The van der Waals surface area contributed by atoms with Gasteiger partial charge in [0, 0.05) is 40.3 Å². The zero-order chi connectivity index (χ0) is 29.4. The second-order valence-corrected chi connectivity index (χ2v) is 11.4. The van der Waals surface area contributed by atoms with Gasteiger partial charge in [0.1, 0.15) is 28.6 Å². The molecule has 11 heteroatoms. The van der Waals surface area contributed by atoms with Crippen molar-refractivity contribution in [3.8, 4) is 10.4 Å². The molecule has 1 aliphatic rings. The highest BCUT2D eigenvalue weighted by Crippen LogP contribution is 2.30. The Morgan fingerprint density at radius 1 is 1.10 bits per heavy atom. The van der Waals surface area contributed by atoms with Crippen molar-refractivity contribution in [1.82, 2.24) is 24.8 Å². The van der Waals surface area contributed by atoms with Crippen LogP contribution in [-0.2, 0) is 17.8 Å². The second kappa shape index (κ2) is 14.1. The largest absolute Gasteiger partial charge is 0.384 e. The van der Waals surface area contributed by atoms with Crippen LogP contribution in [0.5, 0.6) is 0 Å². The molecule has 214 valence electrons. The lowest BCUT2D eigenvalue weighted by Gasteiger charge is -2.14. The minimum absolute atomic E-state index is 0.137. The number of aryl methyl sites for hydroxylation is 1. The molecule has 0 saturated heterocycles. The quantitative estimate of drug-likeness (QED) is 0.202. The summed E-state index contributed by atoms with van der Waals surface area (Å²) in [6.45, 7) is 6.86. The van der Waals surface area contributed by atoms with Crippen LogP contribution in [0.1, 0.15) is 55.0 Å². The molecule has 0 radical (unpaired) electrons. The Morgan fingerprint density at radius 3 is 2.61 bits per heavy atom. The number of nitrogens with one attached hydrogen (secondary N) is 2. The van der Waals surface area contributed by atoms with Gasteiger partial charge in [-0.1, -0.05) is 44.2 Å². The molecule has 0 bridgehead atoms. The number of anilines is 2. The van der Waals surface area contributed by atoms with Gasteiger partial charge in [-0.3, -0.25) is 9.36 Å². The predicted octanol–water partition coefficient (Wildman–Crippen LogP) is 5.85. The number of nitrogens with two attached hydrogens (primary N) is 1. The average Bonchev–Trinajstić information content (AvgIpc) is 3.75. The van der Waals surface area contributed by atoms with Crippen molar-refractivity contribution in [2.45, 2.75) is 52.2 Å². The summed E-state index contributed by atoms with van der Waals surface area (Å²) in [5, 5.41) is 8.38. The van der Waals surface area contributed by atoms with Crippen LogP contribution in [0.25, 0.3) is 20.5 Å². The Hall–Kier alpha value is -3.93. The topological polar surface area (TPSA) is 128 Å². The van der Waals surface area contributed by atoms with E-state index in [9.17, 15) is 9.59 Å². The molecule has 1 aliphatic heterocycles. The van der Waals surface area contributed by atoms with Gasteiger partial charge in [-0.05, 0) is 38.1 Å². The molecule has 1 aromatic carbocycles. The first-order valence-electron chi connectivity index (χ1n) is 13.6. The lowest BCUT2D eigenvalue weighted by molar-refractivity contribution is -0.110. The zero-order valence-electron chi connectivity index (χ0n) is 23.6. The first kappa shape index (κ1) is 30.0. The van der Waals surface area contributed by atoms with Crippen LogP contribution in [-0.4, -0.2) is 32.9 Å². The molecule has 2 atom stereocenters. The molecule has 4 aromatic heterocycles. The van der Waals surface area contributed by atoms with Crippen LogP contribution in [0, 0.1) is 0 Å². The van der Waals surface area contributed by atoms with Crippen molar-refractivity contribution in [3.63, 3.8) is 0 Å². The summed E-state index contributed by atoms with van der Waals surface area (Å²) in [6.07, 6.45) is 7.34. The number of carbonyl (C=O) groups is 1. The number of nitrogens with zero attached hydrogens (tertiary/aromatic N) is 4. The predicted molar refractivity (Wildman–Crippen MR) is 170 cm³/mol. The Morgan fingerprint density at radius 2 is 1.88 bits per heavy atom. The highest BCUT2D eigenvalue weighted by Gasteiger charge is 2.25. The number of thiazole rings is 1. The number of thiophene rings is 1. The summed E-state index contributed by atoms with van der Waals surface area (Å²) in [7, 11) is 1.94. The SMILES string of the molecule is CC.CC(Nc1cnc2n(c1=O)C(C=O)CC2)c1ncc(-c2ccccc2)s1.CNCc1cc2cnc(N)cc2s1. The number of rotatable bonds is 7. The third kappa shape index (κ3) is 7.05. The van der Waals surface area contributed by atoms with Crippen LogP contribution in [0.3, 0.4) is 0 Å². The molecule has 41 heavy (non-hydrogen) atoms. The molecular weight excluding hydrogens is 555 g/mol. The fraction of sp³-hybridized carbons (Fsp3) is 0.300. The lowest BCUT2D eigenvalue weighted by Crippen LogP contribution is -2.28. The summed E-state index contributed by atoms with van der Waals surface area (Å²) >= 11 is 3.34. The summed E-state index contributed by atoms with van der Waals surface area (Å²) in [6, 6.07) is 13.6. The van der Waals surface area contributed by atoms with Gasteiger partial charge in [-0.25, -0.2) is 15.0 Å². The van der Waals surface area contributed by atoms with E-state index in [4.69, 9.17) is 5.73 Å². The van der Waals surface area contributed by atoms with Gasteiger partial charge in [-0.15, -0.1) is 22.7 Å². The number of aldehydes is 1. The summed E-state index contributed by atoms with van der Waals surface area (Å²) in [4.78, 5) is 39.2. The number of benzene rings is 1. The smallest absolute Gasteiger partial charge is 0.277 e. The molecule has 4 N–H and O–H groups in total. The first-order valence-corrected chi connectivity index (χ1v) is 15.2. The maximum atomic E-state index is 12.7.